The normalized spacial score (nSPS) is 9.72. The molecule has 36 heavy (non-hydrogen) atoms. The molecule has 0 aliphatic rings. The van der Waals surface area contributed by atoms with Crippen LogP contribution in [0.15, 0.2) is 24.3 Å². The van der Waals surface area contributed by atoms with Crippen molar-refractivity contribution in [1.29, 1.82) is 0 Å². The number of rotatable bonds is 16. The minimum Gasteiger partial charge on any atom is -0.493 e. The Hall–Kier alpha value is -2.01. The van der Waals surface area contributed by atoms with E-state index in [0.29, 0.717) is 47.6 Å². The molecular weight excluding hydrogens is 533 g/mol. The summed E-state index contributed by atoms with van der Waals surface area (Å²) in [6.07, 6.45) is 0. The molecule has 0 spiro atoms. The van der Waals surface area contributed by atoms with E-state index in [-0.39, 0.29) is 37.2 Å². The van der Waals surface area contributed by atoms with E-state index in [1.165, 1.54) is 0 Å². The average molecular weight is 573 g/mol. The zero-order chi connectivity index (χ0) is 24.1. The molecule has 208 valence electrons. The molecule has 2 aromatic rings. The van der Waals surface area contributed by atoms with Crippen molar-refractivity contribution in [3.63, 3.8) is 0 Å². The Balaban J connectivity index is 0. The lowest BCUT2D eigenvalue weighted by molar-refractivity contribution is 0.323. The van der Waals surface area contributed by atoms with Crippen molar-refractivity contribution in [2.24, 2.45) is 0 Å². The van der Waals surface area contributed by atoms with E-state index in [9.17, 15) is 0 Å². The lowest BCUT2D eigenvalue weighted by Gasteiger charge is -2.15. The Kier molecular flexibility index (Phi) is 20.2. The highest BCUT2D eigenvalue weighted by Gasteiger charge is 2.14. The predicted octanol–water partition coefficient (Wildman–Crippen LogP) is 3.47. The Morgan fingerprint density at radius 3 is 0.972 bits per heavy atom. The molecule has 0 amide bonds. The van der Waals surface area contributed by atoms with Gasteiger partial charge in [-0.1, -0.05) is 0 Å². The van der Waals surface area contributed by atoms with Crippen molar-refractivity contribution in [3.8, 4) is 34.5 Å². The molecule has 0 saturated heterocycles. The van der Waals surface area contributed by atoms with E-state index >= 15 is 0 Å². The van der Waals surface area contributed by atoms with Crippen LogP contribution in [0.25, 0.3) is 0 Å². The van der Waals surface area contributed by atoms with E-state index in [4.69, 9.17) is 28.4 Å². The molecule has 0 radical (unpaired) electrons. The van der Waals surface area contributed by atoms with Crippen LogP contribution in [0, 0.1) is 0 Å². The summed E-state index contributed by atoms with van der Waals surface area (Å²) in [4.78, 5) is 0. The topological polar surface area (TPSA) is 91.5 Å². The van der Waals surface area contributed by atoms with Gasteiger partial charge in [-0.05, 0) is 35.4 Å². The standard InChI is InChI=1S/C24H37N3O6.3ClH/c1-28-19-11-17(12-20(29-2)23(19)32-5)15-26-9-7-25-8-10-27-16-18-13-21(30-3)24(33-6)22(14-18)31-4;;;/h11-14,25-27H,7-10,15-16H2,1-6H3;3*1H. The third kappa shape index (κ3) is 10.5. The van der Waals surface area contributed by atoms with Crippen molar-refractivity contribution < 1.29 is 28.4 Å². The summed E-state index contributed by atoms with van der Waals surface area (Å²) >= 11 is 0. The van der Waals surface area contributed by atoms with Crippen LogP contribution in [0.2, 0.25) is 0 Å². The minimum absolute atomic E-state index is 0. The van der Waals surface area contributed by atoms with Crippen LogP contribution < -0.4 is 44.4 Å². The maximum absolute atomic E-state index is 5.40. The molecule has 2 rings (SSSR count). The molecule has 0 aliphatic heterocycles. The van der Waals surface area contributed by atoms with Gasteiger partial charge in [0.15, 0.2) is 23.0 Å². The summed E-state index contributed by atoms with van der Waals surface area (Å²) < 4.78 is 32.3. The van der Waals surface area contributed by atoms with Crippen LogP contribution in [-0.2, 0) is 13.1 Å². The van der Waals surface area contributed by atoms with Crippen LogP contribution in [-0.4, -0.2) is 68.8 Å². The highest BCUT2D eigenvalue weighted by Crippen LogP contribution is 2.39. The van der Waals surface area contributed by atoms with Gasteiger partial charge >= 0.3 is 0 Å². The lowest BCUT2D eigenvalue weighted by atomic mass is 10.1. The second-order valence-electron chi connectivity index (χ2n) is 7.17. The highest BCUT2D eigenvalue weighted by molar-refractivity contribution is 5.86. The molecular formula is C24H40Cl3N3O6. The van der Waals surface area contributed by atoms with Gasteiger partial charge < -0.3 is 44.4 Å². The molecule has 12 heteroatoms. The molecule has 0 saturated carbocycles. The Labute approximate surface area is 233 Å². The first-order valence-electron chi connectivity index (χ1n) is 10.8. The zero-order valence-electron chi connectivity index (χ0n) is 21.7. The summed E-state index contributed by atoms with van der Waals surface area (Å²) in [7, 11) is 9.68. The highest BCUT2D eigenvalue weighted by atomic mass is 35.5. The van der Waals surface area contributed by atoms with Crippen molar-refractivity contribution >= 4 is 37.2 Å². The van der Waals surface area contributed by atoms with Crippen LogP contribution in [0.3, 0.4) is 0 Å². The van der Waals surface area contributed by atoms with Crippen molar-refractivity contribution in [2.45, 2.75) is 13.1 Å². The first-order valence-corrected chi connectivity index (χ1v) is 10.8. The minimum atomic E-state index is 0. The molecule has 0 aromatic heterocycles. The summed E-state index contributed by atoms with van der Waals surface area (Å²) in [6, 6.07) is 7.81. The quantitative estimate of drug-likeness (QED) is 0.262. The van der Waals surface area contributed by atoms with Gasteiger partial charge in [-0.2, -0.15) is 0 Å². The number of hydrogen-bond acceptors (Lipinski definition) is 9. The van der Waals surface area contributed by atoms with E-state index in [0.717, 1.165) is 37.3 Å². The molecule has 0 bridgehead atoms. The number of halogens is 3. The Morgan fingerprint density at radius 2 is 0.722 bits per heavy atom. The second-order valence-corrected chi connectivity index (χ2v) is 7.17. The van der Waals surface area contributed by atoms with Crippen LogP contribution in [0.4, 0.5) is 0 Å². The van der Waals surface area contributed by atoms with Crippen LogP contribution in [0.5, 0.6) is 34.5 Å². The van der Waals surface area contributed by atoms with E-state index in [1.54, 1.807) is 42.7 Å². The van der Waals surface area contributed by atoms with Gasteiger partial charge in [-0.3, -0.25) is 0 Å². The van der Waals surface area contributed by atoms with Gasteiger partial charge in [0.05, 0.1) is 42.7 Å². The number of benzene rings is 2. The Morgan fingerprint density at radius 1 is 0.444 bits per heavy atom. The molecule has 3 N–H and O–H groups in total. The first kappa shape index (κ1) is 36.1. The van der Waals surface area contributed by atoms with Crippen LogP contribution in [0.1, 0.15) is 11.1 Å². The van der Waals surface area contributed by atoms with Gasteiger partial charge in [-0.25, -0.2) is 0 Å². The van der Waals surface area contributed by atoms with Crippen molar-refractivity contribution in [3.05, 3.63) is 35.4 Å². The maximum Gasteiger partial charge on any atom is 0.203 e. The molecule has 0 heterocycles. The van der Waals surface area contributed by atoms with Gasteiger partial charge in [-0.15, -0.1) is 37.2 Å². The second kappa shape index (κ2) is 20.1. The molecule has 0 aliphatic carbocycles. The van der Waals surface area contributed by atoms with E-state index < -0.39 is 0 Å². The third-order valence-electron chi connectivity index (χ3n) is 5.06. The fourth-order valence-electron chi connectivity index (χ4n) is 3.42. The smallest absolute Gasteiger partial charge is 0.203 e. The first-order chi connectivity index (χ1) is 16.1. The summed E-state index contributed by atoms with van der Waals surface area (Å²) in [5.41, 5.74) is 2.13. The number of hydrogen-bond donors (Lipinski definition) is 3. The maximum atomic E-state index is 5.40. The van der Waals surface area contributed by atoms with Crippen molar-refractivity contribution in [1.82, 2.24) is 16.0 Å². The largest absolute Gasteiger partial charge is 0.493 e. The average Bonchev–Trinajstić information content (AvgIpc) is 2.85. The molecule has 9 nitrogen and oxygen atoms in total. The zero-order valence-corrected chi connectivity index (χ0v) is 24.2. The van der Waals surface area contributed by atoms with Crippen LogP contribution >= 0.6 is 37.2 Å². The van der Waals surface area contributed by atoms with Gasteiger partial charge in [0.25, 0.3) is 0 Å². The molecule has 0 fully saturated rings. The Bertz CT molecular complexity index is 757. The van der Waals surface area contributed by atoms with Gasteiger partial charge in [0, 0.05) is 39.3 Å². The number of methoxy groups -OCH3 is 6. The summed E-state index contributed by atoms with van der Waals surface area (Å²) in [6.45, 7) is 4.80. The SMILES string of the molecule is COc1cc(CNCCNCCNCc2cc(OC)c(OC)c(OC)c2)cc(OC)c1OC.Cl.Cl.Cl. The molecule has 2 aromatic carbocycles. The van der Waals surface area contributed by atoms with Gasteiger partial charge in [0.1, 0.15) is 0 Å². The monoisotopic (exact) mass is 571 g/mol. The van der Waals surface area contributed by atoms with Gasteiger partial charge in [0.2, 0.25) is 11.5 Å². The van der Waals surface area contributed by atoms with Crippen molar-refractivity contribution in [2.75, 3.05) is 68.8 Å². The number of ether oxygens (including phenoxy) is 6. The fourth-order valence-corrected chi connectivity index (χ4v) is 3.42. The third-order valence-corrected chi connectivity index (χ3v) is 5.06. The predicted molar refractivity (Wildman–Crippen MR) is 150 cm³/mol. The summed E-state index contributed by atoms with van der Waals surface area (Å²) in [5.74, 6) is 3.83. The number of nitrogens with one attached hydrogen (secondary N) is 3. The fraction of sp³-hybridized carbons (Fsp3) is 0.500. The van der Waals surface area contributed by atoms with E-state index in [2.05, 4.69) is 16.0 Å². The molecule has 0 unspecified atom stereocenters. The molecule has 0 atom stereocenters. The van der Waals surface area contributed by atoms with E-state index in [1.807, 2.05) is 24.3 Å². The lowest BCUT2D eigenvalue weighted by Crippen LogP contribution is -2.32. The summed E-state index contributed by atoms with van der Waals surface area (Å²) in [5, 5.41) is 10.3.